The molecule has 0 atom stereocenters. The molecule has 2 rings (SSSR count). The quantitative estimate of drug-likeness (QED) is 0.483. The molecular weight excluding hydrogens is 318 g/mol. The zero-order chi connectivity index (χ0) is 16.5. The lowest BCUT2D eigenvalue weighted by atomic mass is 10.2. The van der Waals surface area contributed by atoms with Crippen molar-refractivity contribution in [2.24, 2.45) is 5.10 Å². The highest BCUT2D eigenvalue weighted by atomic mass is 35.5. The van der Waals surface area contributed by atoms with Gasteiger partial charge in [0.15, 0.2) is 0 Å². The monoisotopic (exact) mass is 331 g/mol. The predicted molar refractivity (Wildman–Crippen MR) is 87.9 cm³/mol. The van der Waals surface area contributed by atoms with Gasteiger partial charge >= 0.3 is 0 Å². The van der Waals surface area contributed by atoms with E-state index in [0.29, 0.717) is 16.3 Å². The number of benzene rings is 1. The minimum absolute atomic E-state index is 0.193. The number of nitrogens with one attached hydrogen (secondary N) is 2. The summed E-state index contributed by atoms with van der Waals surface area (Å²) in [5, 5.41) is 6.73. The number of nitrogens with zero attached hydrogens (tertiary/aromatic N) is 1. The predicted octanol–water partition coefficient (Wildman–Crippen LogP) is 2.21. The molecule has 118 valence electrons. The van der Waals surface area contributed by atoms with Gasteiger partial charge in [-0.2, -0.15) is 5.10 Å². The molecule has 0 radical (unpaired) electrons. The van der Waals surface area contributed by atoms with Gasteiger partial charge in [0.25, 0.3) is 5.91 Å². The minimum atomic E-state index is -0.451. The molecule has 2 amide bonds. The van der Waals surface area contributed by atoms with Gasteiger partial charge in [0.05, 0.1) is 19.0 Å². The average Bonchev–Trinajstić information content (AvgIpc) is 3.06. The van der Waals surface area contributed by atoms with Crippen LogP contribution in [0.5, 0.6) is 0 Å². The lowest BCUT2D eigenvalue weighted by Gasteiger charge is -2.01. The van der Waals surface area contributed by atoms with Gasteiger partial charge in [-0.3, -0.25) is 9.59 Å². The number of rotatable bonds is 6. The van der Waals surface area contributed by atoms with Crippen molar-refractivity contribution in [3.63, 3.8) is 0 Å². The van der Waals surface area contributed by atoms with Crippen LogP contribution in [-0.2, 0) is 9.59 Å². The number of halogens is 1. The van der Waals surface area contributed by atoms with Crippen LogP contribution in [0.3, 0.4) is 0 Å². The lowest BCUT2D eigenvalue weighted by Crippen LogP contribution is -2.34. The van der Waals surface area contributed by atoms with Crippen LogP contribution < -0.4 is 10.7 Å². The summed E-state index contributed by atoms with van der Waals surface area (Å²) in [5.74, 6) is -0.311. The van der Waals surface area contributed by atoms with Crippen LogP contribution in [0.25, 0.3) is 6.08 Å². The van der Waals surface area contributed by atoms with E-state index in [0.717, 1.165) is 0 Å². The van der Waals surface area contributed by atoms with Crippen LogP contribution in [0, 0.1) is 0 Å². The molecule has 2 N–H and O–H groups in total. The topological polar surface area (TPSA) is 83.7 Å². The third-order valence-corrected chi connectivity index (χ3v) is 3.01. The third kappa shape index (κ3) is 5.80. The molecule has 2 aromatic rings. The molecule has 1 heterocycles. The van der Waals surface area contributed by atoms with Gasteiger partial charge in [-0.25, -0.2) is 5.43 Å². The van der Waals surface area contributed by atoms with Crippen molar-refractivity contribution >= 4 is 35.7 Å². The third-order valence-electron chi connectivity index (χ3n) is 2.66. The van der Waals surface area contributed by atoms with E-state index in [-0.39, 0.29) is 6.54 Å². The molecule has 0 aliphatic rings. The number of amides is 2. The summed E-state index contributed by atoms with van der Waals surface area (Å²) >= 11 is 5.94. The molecule has 0 unspecified atom stereocenters. The standard InChI is InChI=1S/C16H14ClN3O3/c17-14-6-2-1-4-12(14)10-19-20-16(22)11-18-15(21)8-7-13-5-3-9-23-13/h1-10H,11H2,(H,18,21)(H,20,22). The molecule has 0 fully saturated rings. The number of furan rings is 1. The Morgan fingerprint density at radius 2 is 2.04 bits per heavy atom. The van der Waals surface area contributed by atoms with E-state index in [4.69, 9.17) is 16.0 Å². The van der Waals surface area contributed by atoms with Crippen molar-refractivity contribution in [1.82, 2.24) is 10.7 Å². The SMILES string of the molecule is O=C(C=Cc1ccco1)NCC(=O)NN=Cc1ccccc1Cl. The van der Waals surface area contributed by atoms with Crippen LogP contribution in [0.15, 0.2) is 58.3 Å². The molecule has 6 nitrogen and oxygen atoms in total. The maximum absolute atomic E-state index is 11.5. The van der Waals surface area contributed by atoms with Gasteiger partial charge in [0.1, 0.15) is 5.76 Å². The van der Waals surface area contributed by atoms with Crippen molar-refractivity contribution in [2.45, 2.75) is 0 Å². The van der Waals surface area contributed by atoms with Gasteiger partial charge in [-0.15, -0.1) is 0 Å². The molecule has 1 aromatic heterocycles. The largest absolute Gasteiger partial charge is 0.465 e. The lowest BCUT2D eigenvalue weighted by molar-refractivity contribution is -0.123. The zero-order valence-electron chi connectivity index (χ0n) is 12.0. The molecule has 0 saturated carbocycles. The number of carbonyl (C=O) groups is 2. The van der Waals surface area contributed by atoms with Gasteiger partial charge in [0.2, 0.25) is 5.91 Å². The first-order chi connectivity index (χ1) is 11.1. The Balaban J connectivity index is 1.73. The van der Waals surface area contributed by atoms with E-state index >= 15 is 0 Å². The van der Waals surface area contributed by atoms with Gasteiger partial charge < -0.3 is 9.73 Å². The van der Waals surface area contributed by atoms with E-state index in [1.54, 1.807) is 36.4 Å². The molecule has 1 aromatic carbocycles. The van der Waals surface area contributed by atoms with E-state index in [1.165, 1.54) is 24.6 Å². The van der Waals surface area contributed by atoms with E-state index in [9.17, 15) is 9.59 Å². The Hall–Kier alpha value is -2.86. The highest BCUT2D eigenvalue weighted by Crippen LogP contribution is 2.11. The molecule has 0 spiro atoms. The first-order valence-corrected chi connectivity index (χ1v) is 7.09. The number of hydrogen-bond donors (Lipinski definition) is 2. The highest BCUT2D eigenvalue weighted by Gasteiger charge is 2.02. The molecule has 0 aliphatic heterocycles. The van der Waals surface area contributed by atoms with Crippen molar-refractivity contribution in [3.8, 4) is 0 Å². The summed E-state index contributed by atoms with van der Waals surface area (Å²) in [6, 6.07) is 10.5. The summed E-state index contributed by atoms with van der Waals surface area (Å²) in [6.07, 6.45) is 5.71. The summed E-state index contributed by atoms with van der Waals surface area (Å²) in [4.78, 5) is 23.0. The maximum Gasteiger partial charge on any atom is 0.259 e. The van der Waals surface area contributed by atoms with E-state index in [2.05, 4.69) is 15.8 Å². The average molecular weight is 332 g/mol. The molecule has 0 bridgehead atoms. The highest BCUT2D eigenvalue weighted by molar-refractivity contribution is 6.33. The van der Waals surface area contributed by atoms with Crippen molar-refractivity contribution in [3.05, 3.63) is 65.1 Å². The van der Waals surface area contributed by atoms with Gasteiger partial charge in [-0.1, -0.05) is 29.8 Å². The number of hydrogen-bond acceptors (Lipinski definition) is 4. The molecule has 0 saturated heterocycles. The summed E-state index contributed by atoms with van der Waals surface area (Å²) in [5.41, 5.74) is 2.98. The first kappa shape index (κ1) is 16.5. The van der Waals surface area contributed by atoms with Crippen LogP contribution in [0.4, 0.5) is 0 Å². The second kappa shape index (κ2) is 8.55. The Labute approximate surface area is 137 Å². The van der Waals surface area contributed by atoms with E-state index < -0.39 is 11.8 Å². The first-order valence-electron chi connectivity index (χ1n) is 6.71. The molecule has 0 aliphatic carbocycles. The maximum atomic E-state index is 11.5. The van der Waals surface area contributed by atoms with Crippen LogP contribution >= 0.6 is 11.6 Å². The van der Waals surface area contributed by atoms with Crippen molar-refractivity contribution in [1.29, 1.82) is 0 Å². The minimum Gasteiger partial charge on any atom is -0.465 e. The van der Waals surface area contributed by atoms with Crippen LogP contribution in [-0.4, -0.2) is 24.6 Å². The van der Waals surface area contributed by atoms with Crippen molar-refractivity contribution < 1.29 is 14.0 Å². The second-order valence-corrected chi connectivity index (χ2v) is 4.79. The molecular formula is C16H14ClN3O3. The Morgan fingerprint density at radius 1 is 1.22 bits per heavy atom. The fourth-order valence-corrected chi connectivity index (χ4v) is 1.75. The second-order valence-electron chi connectivity index (χ2n) is 4.38. The van der Waals surface area contributed by atoms with Gasteiger partial charge in [0, 0.05) is 16.7 Å². The van der Waals surface area contributed by atoms with Crippen LogP contribution in [0.1, 0.15) is 11.3 Å². The van der Waals surface area contributed by atoms with Crippen LogP contribution in [0.2, 0.25) is 5.02 Å². The summed E-state index contributed by atoms with van der Waals surface area (Å²) < 4.78 is 5.04. The Kier molecular flexibility index (Phi) is 6.14. The zero-order valence-corrected chi connectivity index (χ0v) is 12.8. The summed E-state index contributed by atoms with van der Waals surface area (Å²) in [6.45, 7) is -0.193. The fraction of sp³-hybridized carbons (Fsp3) is 0.0625. The molecule has 23 heavy (non-hydrogen) atoms. The smallest absolute Gasteiger partial charge is 0.259 e. The van der Waals surface area contributed by atoms with Crippen molar-refractivity contribution in [2.75, 3.05) is 6.54 Å². The summed E-state index contributed by atoms with van der Waals surface area (Å²) in [7, 11) is 0. The molecule has 7 heteroatoms. The Morgan fingerprint density at radius 3 is 2.78 bits per heavy atom. The van der Waals surface area contributed by atoms with E-state index in [1.807, 2.05) is 0 Å². The number of carbonyl (C=O) groups excluding carboxylic acids is 2. The van der Waals surface area contributed by atoms with Gasteiger partial charge in [-0.05, 0) is 24.3 Å². The normalized spacial score (nSPS) is 11.0. The fourth-order valence-electron chi connectivity index (χ4n) is 1.56. The number of hydrazone groups is 1. The Bertz CT molecular complexity index is 724.